The fourth-order valence-corrected chi connectivity index (χ4v) is 3.14. The quantitative estimate of drug-likeness (QED) is 0.503. The van der Waals surface area contributed by atoms with Gasteiger partial charge in [-0.1, -0.05) is 24.3 Å². The number of anilines is 1. The Morgan fingerprint density at radius 2 is 1.91 bits per heavy atom. The van der Waals surface area contributed by atoms with Crippen LogP contribution in [0.25, 0.3) is 22.0 Å². The highest BCUT2D eigenvalue weighted by atomic mass is 16.2. The summed E-state index contributed by atoms with van der Waals surface area (Å²) in [6.07, 6.45) is 0.718. The molecule has 1 heterocycles. The Bertz CT molecular complexity index is 989. The van der Waals surface area contributed by atoms with Gasteiger partial charge in [0.1, 0.15) is 0 Å². The number of carbonyl (C=O) groups excluding carboxylic acids is 1. The van der Waals surface area contributed by atoms with Crippen LogP contribution in [0.3, 0.4) is 0 Å². The number of pyridine rings is 1. The molecule has 0 fully saturated rings. The molecule has 0 saturated heterocycles. The minimum Gasteiger partial charge on any atom is -0.351 e. The van der Waals surface area contributed by atoms with Gasteiger partial charge in [-0.3, -0.25) is 4.79 Å². The summed E-state index contributed by atoms with van der Waals surface area (Å²) in [5, 5.41) is 4.25. The minimum absolute atomic E-state index is 0.0819. The largest absolute Gasteiger partial charge is 0.351 e. The van der Waals surface area contributed by atoms with Crippen molar-refractivity contribution in [2.24, 2.45) is 5.73 Å². The molecule has 5 nitrogen and oxygen atoms in total. The van der Waals surface area contributed by atoms with Gasteiger partial charge >= 0.3 is 6.03 Å². The van der Waals surface area contributed by atoms with Crippen LogP contribution in [0.5, 0.6) is 0 Å². The summed E-state index contributed by atoms with van der Waals surface area (Å²) in [4.78, 5) is 26.2. The third-order valence-corrected chi connectivity index (χ3v) is 4.05. The Kier molecular flexibility index (Phi) is 2.56. The standard InChI is InChI=1S/C17H13N3O2/c18-17(22)19-10-5-6-11-9(7-10)8-14-12-3-1-2-4-13(12)16(21)20-15(11)14/h1-7H,8H2,(H,20,21)(H3,18,19,22). The highest BCUT2D eigenvalue weighted by Gasteiger charge is 2.22. The van der Waals surface area contributed by atoms with E-state index in [2.05, 4.69) is 10.3 Å². The molecule has 0 radical (unpaired) electrons. The molecule has 108 valence electrons. The average molecular weight is 291 g/mol. The van der Waals surface area contributed by atoms with Crippen LogP contribution in [-0.4, -0.2) is 11.0 Å². The Balaban J connectivity index is 1.92. The number of fused-ring (bicyclic) bond motifs is 5. The zero-order valence-corrected chi connectivity index (χ0v) is 11.6. The number of aromatic nitrogens is 1. The Morgan fingerprint density at radius 1 is 1.14 bits per heavy atom. The predicted octanol–water partition coefficient (Wildman–Crippen LogP) is 2.59. The van der Waals surface area contributed by atoms with Crippen molar-refractivity contribution in [1.29, 1.82) is 0 Å². The van der Waals surface area contributed by atoms with Crippen LogP contribution in [0.1, 0.15) is 11.1 Å². The molecule has 2 aromatic carbocycles. The molecule has 1 aromatic heterocycles. The van der Waals surface area contributed by atoms with Crippen LogP contribution >= 0.6 is 0 Å². The number of nitrogens with one attached hydrogen (secondary N) is 2. The van der Waals surface area contributed by atoms with E-state index in [9.17, 15) is 9.59 Å². The van der Waals surface area contributed by atoms with E-state index in [1.165, 1.54) is 0 Å². The second kappa shape index (κ2) is 4.46. The predicted molar refractivity (Wildman–Crippen MR) is 86.0 cm³/mol. The number of aromatic amines is 1. The lowest BCUT2D eigenvalue weighted by atomic mass is 10.0. The van der Waals surface area contributed by atoms with Crippen molar-refractivity contribution in [3.8, 4) is 11.3 Å². The minimum atomic E-state index is -0.589. The van der Waals surface area contributed by atoms with Crippen molar-refractivity contribution in [3.05, 3.63) is 63.9 Å². The molecule has 0 bridgehead atoms. The second-order valence-electron chi connectivity index (χ2n) is 5.39. The fourth-order valence-electron chi connectivity index (χ4n) is 3.14. The monoisotopic (exact) mass is 291 g/mol. The molecular formula is C17H13N3O2. The van der Waals surface area contributed by atoms with Gasteiger partial charge in [-0.15, -0.1) is 0 Å². The molecule has 1 aliphatic rings. The molecular weight excluding hydrogens is 278 g/mol. The molecule has 0 aliphatic heterocycles. The van der Waals surface area contributed by atoms with Gasteiger partial charge in [0.2, 0.25) is 0 Å². The van der Waals surface area contributed by atoms with Crippen LogP contribution in [-0.2, 0) is 6.42 Å². The Hall–Kier alpha value is -3.08. The number of carbonyl (C=O) groups is 1. The van der Waals surface area contributed by atoms with Crippen molar-refractivity contribution in [2.45, 2.75) is 6.42 Å². The zero-order valence-electron chi connectivity index (χ0n) is 11.6. The smallest absolute Gasteiger partial charge is 0.316 e. The first-order valence-corrected chi connectivity index (χ1v) is 6.97. The number of nitrogens with two attached hydrogens (primary N) is 1. The van der Waals surface area contributed by atoms with Crippen LogP contribution < -0.4 is 16.6 Å². The summed E-state index contributed by atoms with van der Waals surface area (Å²) in [5.41, 5.74) is 9.76. The summed E-state index contributed by atoms with van der Waals surface area (Å²) in [6, 6.07) is 12.6. The summed E-state index contributed by atoms with van der Waals surface area (Å²) in [5.74, 6) is 0. The summed E-state index contributed by atoms with van der Waals surface area (Å²) in [6.45, 7) is 0. The molecule has 1 aliphatic carbocycles. The van der Waals surface area contributed by atoms with E-state index in [1.807, 2.05) is 36.4 Å². The molecule has 0 atom stereocenters. The zero-order chi connectivity index (χ0) is 15.3. The van der Waals surface area contributed by atoms with Crippen molar-refractivity contribution in [2.75, 3.05) is 5.32 Å². The summed E-state index contributed by atoms with van der Waals surface area (Å²) < 4.78 is 0. The van der Waals surface area contributed by atoms with Crippen molar-refractivity contribution in [3.63, 3.8) is 0 Å². The van der Waals surface area contributed by atoms with E-state index >= 15 is 0 Å². The molecule has 4 rings (SSSR count). The highest BCUT2D eigenvalue weighted by molar-refractivity contribution is 5.94. The molecule has 0 unspecified atom stereocenters. The van der Waals surface area contributed by atoms with Gasteiger partial charge < -0.3 is 16.0 Å². The highest BCUT2D eigenvalue weighted by Crippen LogP contribution is 2.38. The Morgan fingerprint density at radius 3 is 2.68 bits per heavy atom. The average Bonchev–Trinajstić information content (AvgIpc) is 2.85. The Labute approximate surface area is 125 Å². The number of hydrogen-bond acceptors (Lipinski definition) is 2. The third-order valence-electron chi connectivity index (χ3n) is 4.05. The van der Waals surface area contributed by atoms with Gasteiger partial charge in [0.05, 0.1) is 5.69 Å². The third kappa shape index (κ3) is 1.79. The van der Waals surface area contributed by atoms with Gasteiger partial charge in [-0.05, 0) is 34.7 Å². The molecule has 3 aromatic rings. The van der Waals surface area contributed by atoms with Crippen molar-refractivity contribution in [1.82, 2.24) is 4.98 Å². The number of primary amides is 1. The number of benzene rings is 2. The van der Waals surface area contributed by atoms with E-state index in [-0.39, 0.29) is 5.56 Å². The first kappa shape index (κ1) is 12.6. The normalized spacial score (nSPS) is 12.0. The van der Waals surface area contributed by atoms with Crippen molar-refractivity contribution >= 4 is 22.5 Å². The van der Waals surface area contributed by atoms with Gasteiger partial charge in [0.25, 0.3) is 5.56 Å². The maximum atomic E-state index is 12.2. The van der Waals surface area contributed by atoms with Crippen LogP contribution in [0.4, 0.5) is 10.5 Å². The number of H-pyrrole nitrogens is 1. The lowest BCUT2D eigenvalue weighted by molar-refractivity contribution is 0.259. The summed E-state index contributed by atoms with van der Waals surface area (Å²) in [7, 11) is 0. The SMILES string of the molecule is NC(=O)Nc1ccc2c(c1)Cc1c-2[nH]c(=O)c2ccccc12. The lowest BCUT2D eigenvalue weighted by Gasteiger charge is -2.05. The topological polar surface area (TPSA) is 88.0 Å². The maximum Gasteiger partial charge on any atom is 0.316 e. The second-order valence-corrected chi connectivity index (χ2v) is 5.39. The van der Waals surface area contributed by atoms with Crippen molar-refractivity contribution < 1.29 is 4.79 Å². The van der Waals surface area contributed by atoms with Crippen LogP contribution in [0.2, 0.25) is 0 Å². The molecule has 5 heteroatoms. The molecule has 4 N–H and O–H groups in total. The van der Waals surface area contributed by atoms with E-state index in [1.54, 1.807) is 6.07 Å². The number of rotatable bonds is 1. The van der Waals surface area contributed by atoms with Gasteiger partial charge in [-0.25, -0.2) is 4.79 Å². The number of urea groups is 1. The number of amides is 2. The van der Waals surface area contributed by atoms with Crippen LogP contribution in [0.15, 0.2) is 47.3 Å². The lowest BCUT2D eigenvalue weighted by Crippen LogP contribution is -2.19. The molecule has 0 saturated carbocycles. The number of hydrogen-bond donors (Lipinski definition) is 3. The molecule has 22 heavy (non-hydrogen) atoms. The first-order valence-electron chi connectivity index (χ1n) is 6.97. The first-order chi connectivity index (χ1) is 10.6. The fraction of sp³-hybridized carbons (Fsp3) is 0.0588. The van der Waals surface area contributed by atoms with E-state index in [0.717, 1.165) is 34.2 Å². The van der Waals surface area contributed by atoms with E-state index < -0.39 is 6.03 Å². The molecule has 2 amide bonds. The van der Waals surface area contributed by atoms with Gasteiger partial charge in [0.15, 0.2) is 0 Å². The van der Waals surface area contributed by atoms with Gasteiger partial charge in [0, 0.05) is 23.1 Å². The maximum absolute atomic E-state index is 12.2. The van der Waals surface area contributed by atoms with Crippen LogP contribution in [0, 0.1) is 0 Å². The van der Waals surface area contributed by atoms with E-state index in [4.69, 9.17) is 5.73 Å². The van der Waals surface area contributed by atoms with Gasteiger partial charge in [-0.2, -0.15) is 0 Å². The summed E-state index contributed by atoms with van der Waals surface area (Å²) >= 11 is 0. The molecule has 0 spiro atoms. The van der Waals surface area contributed by atoms with E-state index in [0.29, 0.717) is 11.1 Å².